The van der Waals surface area contributed by atoms with Gasteiger partial charge in [0.1, 0.15) is 12.5 Å². The molecule has 0 saturated carbocycles. The fourth-order valence-corrected chi connectivity index (χ4v) is 1.32. The second-order valence-electron chi connectivity index (χ2n) is 3.30. The van der Waals surface area contributed by atoms with Gasteiger partial charge in [0.25, 0.3) is 5.91 Å². The third kappa shape index (κ3) is 2.01. The summed E-state index contributed by atoms with van der Waals surface area (Å²) in [6, 6.07) is 4.48. The van der Waals surface area contributed by atoms with Crippen LogP contribution in [0.1, 0.15) is 5.56 Å². The monoisotopic (exact) mass is 233 g/mol. The molecule has 6 heteroatoms. The van der Waals surface area contributed by atoms with Crippen LogP contribution in [0.15, 0.2) is 24.3 Å². The number of rotatable bonds is 4. The van der Waals surface area contributed by atoms with Gasteiger partial charge in [-0.3, -0.25) is 4.79 Å². The fraction of sp³-hybridized carbons (Fsp3) is 0.300. The van der Waals surface area contributed by atoms with Crippen LogP contribution in [0.25, 0.3) is 0 Å². The Bertz CT molecular complexity index is 399. The molecule has 1 aromatic carbocycles. The zero-order valence-electron chi connectivity index (χ0n) is 8.16. The molecular weight excluding hydrogens is 223 g/mol. The molecule has 0 radical (unpaired) electrons. The summed E-state index contributed by atoms with van der Waals surface area (Å²) in [7, 11) is 0. The van der Waals surface area contributed by atoms with E-state index in [1.807, 2.05) is 0 Å². The van der Waals surface area contributed by atoms with Crippen LogP contribution in [-0.4, -0.2) is 23.9 Å². The third-order valence-electron chi connectivity index (χ3n) is 2.21. The fourth-order valence-electron chi connectivity index (χ4n) is 1.32. The van der Waals surface area contributed by atoms with Crippen molar-refractivity contribution in [3.05, 3.63) is 35.6 Å². The van der Waals surface area contributed by atoms with Gasteiger partial charge in [0, 0.05) is 5.56 Å². The minimum Gasteiger partial charge on any atom is -0.379 e. The second kappa shape index (κ2) is 4.52. The van der Waals surface area contributed by atoms with E-state index in [9.17, 15) is 23.1 Å². The molecule has 3 nitrogen and oxygen atoms in total. The van der Waals surface area contributed by atoms with Crippen molar-refractivity contribution in [2.75, 3.05) is 6.67 Å². The Balaban J connectivity index is 3.25. The highest BCUT2D eigenvalue weighted by Gasteiger charge is 2.44. The summed E-state index contributed by atoms with van der Waals surface area (Å²) >= 11 is 0. The number of hydrogen-bond donors (Lipinski definition) is 2. The molecule has 0 bridgehead atoms. The molecule has 16 heavy (non-hydrogen) atoms. The molecule has 0 aliphatic carbocycles. The van der Waals surface area contributed by atoms with Gasteiger partial charge in [-0.25, -0.2) is 13.2 Å². The van der Waals surface area contributed by atoms with Crippen LogP contribution in [-0.2, 0) is 10.4 Å². The van der Waals surface area contributed by atoms with Gasteiger partial charge in [0.05, 0.1) is 0 Å². The molecule has 0 spiro atoms. The first-order valence-corrected chi connectivity index (χ1v) is 4.40. The Hall–Kier alpha value is -1.56. The second-order valence-corrected chi connectivity index (χ2v) is 3.30. The first-order valence-electron chi connectivity index (χ1n) is 4.40. The number of amides is 1. The molecule has 0 aliphatic heterocycles. The number of halogens is 3. The number of primary amides is 1. The summed E-state index contributed by atoms with van der Waals surface area (Å²) in [5.41, 5.74) is 1.11. The van der Waals surface area contributed by atoms with E-state index in [4.69, 9.17) is 0 Å². The van der Waals surface area contributed by atoms with E-state index in [1.54, 1.807) is 0 Å². The maximum Gasteiger partial charge on any atom is 0.255 e. The Morgan fingerprint density at radius 1 is 1.50 bits per heavy atom. The van der Waals surface area contributed by atoms with Crippen molar-refractivity contribution < 1.29 is 23.1 Å². The lowest BCUT2D eigenvalue weighted by atomic mass is 9.89. The summed E-state index contributed by atoms with van der Waals surface area (Å²) in [6.45, 7) is -1.65. The van der Waals surface area contributed by atoms with Gasteiger partial charge in [-0.2, -0.15) is 0 Å². The van der Waals surface area contributed by atoms with Gasteiger partial charge in [0.15, 0.2) is 5.60 Å². The quantitative estimate of drug-likeness (QED) is 0.808. The molecule has 2 atom stereocenters. The van der Waals surface area contributed by atoms with Gasteiger partial charge >= 0.3 is 0 Å². The maximum atomic E-state index is 13.3. The highest BCUT2D eigenvalue weighted by atomic mass is 19.1. The number of alkyl halides is 2. The minimum absolute atomic E-state index is 0.635. The van der Waals surface area contributed by atoms with E-state index in [-0.39, 0.29) is 0 Å². The average Bonchev–Trinajstić information content (AvgIpc) is 2.27. The third-order valence-corrected chi connectivity index (χ3v) is 2.21. The number of nitrogens with two attached hydrogens (primary N) is 1. The van der Waals surface area contributed by atoms with Crippen molar-refractivity contribution in [1.29, 1.82) is 0 Å². The molecule has 88 valence electrons. The molecule has 0 heterocycles. The molecular formula is C10H10F3NO2. The van der Waals surface area contributed by atoms with Gasteiger partial charge in [-0.05, 0) is 6.07 Å². The van der Waals surface area contributed by atoms with Crippen molar-refractivity contribution in [2.45, 2.75) is 11.8 Å². The highest BCUT2D eigenvalue weighted by molar-refractivity contribution is 5.80. The molecule has 0 aliphatic rings. The van der Waals surface area contributed by atoms with Crippen molar-refractivity contribution in [1.82, 2.24) is 0 Å². The van der Waals surface area contributed by atoms with Crippen LogP contribution in [0.4, 0.5) is 13.2 Å². The van der Waals surface area contributed by atoms with E-state index in [1.165, 1.54) is 12.1 Å². The molecule has 0 fully saturated rings. The van der Waals surface area contributed by atoms with Crippen LogP contribution >= 0.6 is 0 Å². The van der Waals surface area contributed by atoms with Crippen molar-refractivity contribution >= 4 is 5.91 Å². The number of carbonyl (C=O) groups is 1. The average molecular weight is 233 g/mol. The molecule has 1 aromatic rings. The Morgan fingerprint density at radius 3 is 2.50 bits per heavy atom. The summed E-state index contributed by atoms with van der Waals surface area (Å²) in [5.74, 6) is -2.56. The topological polar surface area (TPSA) is 63.3 Å². The Kier molecular flexibility index (Phi) is 3.54. The van der Waals surface area contributed by atoms with E-state index >= 15 is 0 Å². The van der Waals surface area contributed by atoms with Crippen LogP contribution in [0.3, 0.4) is 0 Å². The van der Waals surface area contributed by atoms with E-state index in [0.717, 1.165) is 12.1 Å². The standard InChI is InChI=1S/C10H10F3NO2/c11-5-10(16,8(13)9(14)15)6-3-1-2-4-7(6)12/h1-4,8,16H,5H2,(H2,14,15)/t8-,10?/m1/s1. The van der Waals surface area contributed by atoms with E-state index < -0.39 is 35.7 Å². The lowest BCUT2D eigenvalue weighted by Gasteiger charge is -2.27. The number of carbonyl (C=O) groups excluding carboxylic acids is 1. The van der Waals surface area contributed by atoms with Gasteiger partial charge in [-0.1, -0.05) is 18.2 Å². The first-order chi connectivity index (χ1) is 7.43. The smallest absolute Gasteiger partial charge is 0.255 e. The van der Waals surface area contributed by atoms with Crippen LogP contribution in [0.5, 0.6) is 0 Å². The van der Waals surface area contributed by atoms with E-state index in [0.29, 0.717) is 0 Å². The predicted octanol–water partition coefficient (Wildman–Crippen LogP) is 0.806. The highest BCUT2D eigenvalue weighted by Crippen LogP contribution is 2.29. The molecule has 1 rings (SSSR count). The van der Waals surface area contributed by atoms with Gasteiger partial charge in [-0.15, -0.1) is 0 Å². The van der Waals surface area contributed by atoms with Crippen LogP contribution < -0.4 is 5.73 Å². The Morgan fingerprint density at radius 2 is 2.06 bits per heavy atom. The van der Waals surface area contributed by atoms with Gasteiger partial charge < -0.3 is 10.8 Å². The van der Waals surface area contributed by atoms with Crippen LogP contribution in [0, 0.1) is 5.82 Å². The van der Waals surface area contributed by atoms with Gasteiger partial charge in [0.2, 0.25) is 6.17 Å². The largest absolute Gasteiger partial charge is 0.379 e. The predicted molar refractivity (Wildman–Crippen MR) is 50.4 cm³/mol. The van der Waals surface area contributed by atoms with Crippen molar-refractivity contribution in [3.8, 4) is 0 Å². The van der Waals surface area contributed by atoms with Crippen molar-refractivity contribution in [3.63, 3.8) is 0 Å². The summed E-state index contributed by atoms with van der Waals surface area (Å²) in [4.78, 5) is 10.6. The number of aliphatic hydroxyl groups is 1. The van der Waals surface area contributed by atoms with Crippen LogP contribution in [0.2, 0.25) is 0 Å². The molecule has 0 saturated heterocycles. The molecule has 1 amide bonds. The minimum atomic E-state index is -2.88. The summed E-state index contributed by atoms with van der Waals surface area (Å²) in [5, 5.41) is 9.62. The molecule has 1 unspecified atom stereocenters. The summed E-state index contributed by atoms with van der Waals surface area (Å²) in [6.07, 6.45) is -2.71. The molecule has 0 aromatic heterocycles. The molecule has 3 N–H and O–H groups in total. The maximum absolute atomic E-state index is 13.3. The normalized spacial score (nSPS) is 16.5. The summed E-state index contributed by atoms with van der Waals surface area (Å²) < 4.78 is 39.2. The zero-order valence-corrected chi connectivity index (χ0v) is 8.16. The number of benzene rings is 1. The lowest BCUT2D eigenvalue weighted by Crippen LogP contribution is -2.47. The zero-order chi connectivity index (χ0) is 12.3. The number of hydrogen-bond acceptors (Lipinski definition) is 2. The van der Waals surface area contributed by atoms with Crippen molar-refractivity contribution in [2.24, 2.45) is 5.73 Å². The Labute approximate surface area is 89.7 Å². The lowest BCUT2D eigenvalue weighted by molar-refractivity contribution is -0.137. The first kappa shape index (κ1) is 12.5. The van der Waals surface area contributed by atoms with E-state index in [2.05, 4.69) is 5.73 Å². The SMILES string of the molecule is NC(=O)[C@@H](F)C(O)(CF)c1ccccc1F.